The standard InChI is InChI=1S/C20H29FN2O4/c1-15(2)18-13-22(20(25)14-27-11-10-26-3)9-8-19(24)23(18)12-16-4-6-17(21)7-5-16/h4-7,15,18H,8-14H2,1-3H3. The maximum atomic E-state index is 13.2. The van der Waals surface area contributed by atoms with Gasteiger partial charge in [0.1, 0.15) is 12.4 Å². The first-order valence-corrected chi connectivity index (χ1v) is 9.30. The molecule has 1 atom stereocenters. The lowest BCUT2D eigenvalue weighted by Gasteiger charge is -2.34. The zero-order chi connectivity index (χ0) is 19.8. The highest BCUT2D eigenvalue weighted by atomic mass is 19.1. The van der Waals surface area contributed by atoms with Crippen molar-refractivity contribution in [3.63, 3.8) is 0 Å². The lowest BCUT2D eigenvalue weighted by molar-refractivity contribution is -0.137. The molecule has 1 aliphatic rings. The van der Waals surface area contributed by atoms with Crippen LogP contribution in [0.2, 0.25) is 0 Å². The smallest absolute Gasteiger partial charge is 0.248 e. The molecule has 1 saturated heterocycles. The molecule has 7 heteroatoms. The Bertz CT molecular complexity index is 621. The summed E-state index contributed by atoms with van der Waals surface area (Å²) in [4.78, 5) is 28.7. The van der Waals surface area contributed by atoms with Crippen molar-refractivity contribution in [1.82, 2.24) is 9.80 Å². The molecule has 1 aromatic carbocycles. The molecule has 1 fully saturated rings. The van der Waals surface area contributed by atoms with Gasteiger partial charge in [-0.3, -0.25) is 9.59 Å². The Balaban J connectivity index is 2.06. The molecular weight excluding hydrogens is 351 g/mol. The Hall–Kier alpha value is -1.99. The van der Waals surface area contributed by atoms with E-state index < -0.39 is 0 Å². The molecule has 0 spiro atoms. The van der Waals surface area contributed by atoms with Crippen molar-refractivity contribution in [2.45, 2.75) is 32.9 Å². The number of hydrogen-bond donors (Lipinski definition) is 0. The normalized spacial score (nSPS) is 18.1. The van der Waals surface area contributed by atoms with Crippen LogP contribution in [0.15, 0.2) is 24.3 Å². The van der Waals surface area contributed by atoms with Crippen molar-refractivity contribution in [3.05, 3.63) is 35.6 Å². The van der Waals surface area contributed by atoms with Gasteiger partial charge in [-0.25, -0.2) is 4.39 Å². The molecule has 27 heavy (non-hydrogen) atoms. The number of amides is 2. The van der Waals surface area contributed by atoms with Gasteiger partial charge in [-0.2, -0.15) is 0 Å². The molecule has 1 heterocycles. The fourth-order valence-electron chi connectivity index (χ4n) is 3.16. The summed E-state index contributed by atoms with van der Waals surface area (Å²) < 4.78 is 23.4. The van der Waals surface area contributed by atoms with Crippen LogP contribution in [-0.4, -0.2) is 67.7 Å². The van der Waals surface area contributed by atoms with Gasteiger partial charge < -0.3 is 19.3 Å². The van der Waals surface area contributed by atoms with Gasteiger partial charge in [0, 0.05) is 33.2 Å². The van der Waals surface area contributed by atoms with Crippen LogP contribution in [0.1, 0.15) is 25.8 Å². The van der Waals surface area contributed by atoms with Gasteiger partial charge in [-0.1, -0.05) is 26.0 Å². The molecule has 0 aromatic heterocycles. The highest BCUT2D eigenvalue weighted by molar-refractivity contribution is 5.81. The summed E-state index contributed by atoms with van der Waals surface area (Å²) >= 11 is 0. The van der Waals surface area contributed by atoms with Gasteiger partial charge in [-0.05, 0) is 23.6 Å². The predicted octanol–water partition coefficient (Wildman–Crippen LogP) is 2.07. The Kier molecular flexibility index (Phi) is 8.19. The van der Waals surface area contributed by atoms with E-state index in [1.165, 1.54) is 12.1 Å². The third-order valence-corrected chi connectivity index (χ3v) is 4.77. The third kappa shape index (κ3) is 6.29. The number of rotatable bonds is 8. The minimum Gasteiger partial charge on any atom is -0.382 e. The molecule has 150 valence electrons. The summed E-state index contributed by atoms with van der Waals surface area (Å²) in [5.41, 5.74) is 0.873. The second-order valence-electron chi connectivity index (χ2n) is 7.09. The number of ether oxygens (including phenoxy) is 2. The molecule has 0 aliphatic carbocycles. The van der Waals surface area contributed by atoms with Crippen molar-refractivity contribution >= 4 is 11.8 Å². The highest BCUT2D eigenvalue weighted by Crippen LogP contribution is 2.21. The van der Waals surface area contributed by atoms with E-state index in [4.69, 9.17) is 9.47 Å². The highest BCUT2D eigenvalue weighted by Gasteiger charge is 2.33. The van der Waals surface area contributed by atoms with Crippen LogP contribution in [0, 0.1) is 11.7 Å². The molecule has 2 amide bonds. The quantitative estimate of drug-likeness (QED) is 0.648. The van der Waals surface area contributed by atoms with Crippen molar-refractivity contribution in [1.29, 1.82) is 0 Å². The van der Waals surface area contributed by atoms with Gasteiger partial charge in [0.05, 0.1) is 19.3 Å². The average molecular weight is 380 g/mol. The largest absolute Gasteiger partial charge is 0.382 e. The number of methoxy groups -OCH3 is 1. The van der Waals surface area contributed by atoms with E-state index in [2.05, 4.69) is 0 Å². The van der Waals surface area contributed by atoms with Crippen molar-refractivity contribution in [2.75, 3.05) is 40.0 Å². The first-order chi connectivity index (χ1) is 12.9. The van der Waals surface area contributed by atoms with Gasteiger partial charge in [0.15, 0.2) is 0 Å². The fraction of sp³-hybridized carbons (Fsp3) is 0.600. The summed E-state index contributed by atoms with van der Waals surface area (Å²) in [5.74, 6) is -0.231. The number of hydrogen-bond acceptors (Lipinski definition) is 4. The van der Waals surface area contributed by atoms with Crippen LogP contribution in [0.5, 0.6) is 0 Å². The first-order valence-electron chi connectivity index (χ1n) is 9.30. The number of carbonyl (C=O) groups is 2. The minimum atomic E-state index is -0.299. The average Bonchev–Trinajstić information content (AvgIpc) is 2.80. The second kappa shape index (κ2) is 10.4. The van der Waals surface area contributed by atoms with E-state index in [-0.39, 0.29) is 42.6 Å². The Morgan fingerprint density at radius 3 is 2.59 bits per heavy atom. The lowest BCUT2D eigenvalue weighted by Crippen LogP contribution is -2.47. The van der Waals surface area contributed by atoms with Crippen LogP contribution in [0.3, 0.4) is 0 Å². The summed E-state index contributed by atoms with van der Waals surface area (Å²) in [7, 11) is 1.58. The van der Waals surface area contributed by atoms with Gasteiger partial charge in [0.2, 0.25) is 11.8 Å². The molecule has 0 N–H and O–H groups in total. The van der Waals surface area contributed by atoms with Gasteiger partial charge >= 0.3 is 0 Å². The van der Waals surface area contributed by atoms with E-state index in [1.54, 1.807) is 24.1 Å². The van der Waals surface area contributed by atoms with Crippen LogP contribution < -0.4 is 0 Å². The maximum absolute atomic E-state index is 13.2. The molecule has 1 aliphatic heterocycles. The van der Waals surface area contributed by atoms with E-state index in [1.807, 2.05) is 18.7 Å². The molecule has 0 bridgehead atoms. The first kappa shape index (κ1) is 21.3. The number of nitrogens with zero attached hydrogens (tertiary/aromatic N) is 2. The van der Waals surface area contributed by atoms with Crippen molar-refractivity contribution in [3.8, 4) is 0 Å². The monoisotopic (exact) mass is 380 g/mol. The van der Waals surface area contributed by atoms with Crippen LogP contribution in [-0.2, 0) is 25.6 Å². The van der Waals surface area contributed by atoms with Crippen LogP contribution >= 0.6 is 0 Å². The second-order valence-corrected chi connectivity index (χ2v) is 7.09. The summed E-state index contributed by atoms with van der Waals surface area (Å²) in [5, 5.41) is 0. The minimum absolute atomic E-state index is 0.00799. The summed E-state index contributed by atoms with van der Waals surface area (Å²) in [6.45, 7) is 6.13. The zero-order valence-corrected chi connectivity index (χ0v) is 16.3. The summed E-state index contributed by atoms with van der Waals surface area (Å²) in [6.07, 6.45) is 0.272. The summed E-state index contributed by atoms with van der Waals surface area (Å²) in [6, 6.07) is 6.08. The Morgan fingerprint density at radius 2 is 1.96 bits per heavy atom. The zero-order valence-electron chi connectivity index (χ0n) is 16.3. The van der Waals surface area contributed by atoms with Gasteiger partial charge in [0.25, 0.3) is 0 Å². The topological polar surface area (TPSA) is 59.1 Å². The van der Waals surface area contributed by atoms with E-state index in [0.717, 1.165) is 5.56 Å². The Labute approximate surface area is 160 Å². The lowest BCUT2D eigenvalue weighted by atomic mass is 10.0. The molecule has 6 nitrogen and oxygen atoms in total. The van der Waals surface area contributed by atoms with E-state index in [9.17, 15) is 14.0 Å². The maximum Gasteiger partial charge on any atom is 0.248 e. The van der Waals surface area contributed by atoms with Crippen molar-refractivity contribution in [2.24, 2.45) is 5.92 Å². The molecular formula is C20H29FN2O4. The fourth-order valence-corrected chi connectivity index (χ4v) is 3.16. The predicted molar refractivity (Wildman–Crippen MR) is 99.5 cm³/mol. The van der Waals surface area contributed by atoms with E-state index >= 15 is 0 Å². The number of halogens is 1. The molecule has 1 aromatic rings. The molecule has 0 radical (unpaired) electrons. The van der Waals surface area contributed by atoms with Crippen molar-refractivity contribution < 1.29 is 23.5 Å². The SMILES string of the molecule is COCCOCC(=O)N1CCC(=O)N(Cc2ccc(F)cc2)C(C(C)C)C1. The molecule has 1 unspecified atom stereocenters. The molecule has 0 saturated carbocycles. The van der Waals surface area contributed by atoms with Gasteiger partial charge in [-0.15, -0.1) is 0 Å². The Morgan fingerprint density at radius 1 is 1.26 bits per heavy atom. The molecule has 2 rings (SSSR count). The number of benzene rings is 1. The van der Waals surface area contributed by atoms with Crippen LogP contribution in [0.4, 0.5) is 4.39 Å². The van der Waals surface area contributed by atoms with Crippen LogP contribution in [0.25, 0.3) is 0 Å². The third-order valence-electron chi connectivity index (χ3n) is 4.77. The van der Waals surface area contributed by atoms with E-state index in [0.29, 0.717) is 32.8 Å². The number of carbonyl (C=O) groups excluding carboxylic acids is 2.